The van der Waals surface area contributed by atoms with E-state index >= 15 is 0 Å². The van der Waals surface area contributed by atoms with Gasteiger partial charge >= 0.3 is 0 Å². The van der Waals surface area contributed by atoms with Crippen molar-refractivity contribution in [2.75, 3.05) is 26.2 Å². The highest BCUT2D eigenvalue weighted by Gasteiger charge is 2.28. The number of carbonyl (C=O) groups is 3. The smallest absolute Gasteiger partial charge is 0.295 e. The van der Waals surface area contributed by atoms with Gasteiger partial charge in [0.05, 0.1) is 11.7 Å². The zero-order valence-corrected chi connectivity index (χ0v) is 15.9. The summed E-state index contributed by atoms with van der Waals surface area (Å²) in [7, 11) is 0. The summed E-state index contributed by atoms with van der Waals surface area (Å²) in [6, 6.07) is 7.38. The number of rotatable bonds is 6. The molecule has 2 aliphatic heterocycles. The number of hydrogen-bond acceptors (Lipinski definition) is 4. The highest BCUT2D eigenvalue weighted by atomic mass is 16.5. The lowest BCUT2D eigenvalue weighted by Crippen LogP contribution is -2.34. The van der Waals surface area contributed by atoms with Crippen LogP contribution in [0.3, 0.4) is 0 Å². The van der Waals surface area contributed by atoms with E-state index in [0.29, 0.717) is 30.6 Å². The minimum absolute atomic E-state index is 0.0839. The number of aromatic nitrogens is 1. The molecule has 0 bridgehead atoms. The van der Waals surface area contributed by atoms with Crippen LogP contribution in [0.5, 0.6) is 0 Å². The van der Waals surface area contributed by atoms with Crippen molar-refractivity contribution in [2.24, 2.45) is 0 Å². The first-order chi connectivity index (χ1) is 13.6. The van der Waals surface area contributed by atoms with E-state index in [4.69, 9.17) is 4.74 Å². The number of Topliss-reactive ketones (excluding diaryl/α,β-unsaturated/α-hetero) is 1. The lowest BCUT2D eigenvalue weighted by Gasteiger charge is -2.13. The minimum Gasteiger partial charge on any atom is -0.376 e. The van der Waals surface area contributed by atoms with E-state index in [1.807, 2.05) is 24.3 Å². The van der Waals surface area contributed by atoms with Gasteiger partial charge in [0.15, 0.2) is 0 Å². The van der Waals surface area contributed by atoms with Gasteiger partial charge in [0.2, 0.25) is 5.91 Å². The monoisotopic (exact) mass is 383 g/mol. The van der Waals surface area contributed by atoms with Crippen molar-refractivity contribution in [3.05, 3.63) is 36.0 Å². The summed E-state index contributed by atoms with van der Waals surface area (Å²) < 4.78 is 7.27. The van der Waals surface area contributed by atoms with E-state index in [-0.39, 0.29) is 18.6 Å². The third kappa shape index (κ3) is 3.80. The predicted octanol–water partition coefficient (Wildman–Crippen LogP) is 1.74. The van der Waals surface area contributed by atoms with Crippen molar-refractivity contribution in [2.45, 2.75) is 38.3 Å². The predicted molar refractivity (Wildman–Crippen MR) is 104 cm³/mol. The Morgan fingerprint density at radius 1 is 1.11 bits per heavy atom. The second-order valence-corrected chi connectivity index (χ2v) is 7.46. The number of likely N-dealkylation sites (tertiary alicyclic amines) is 1. The highest BCUT2D eigenvalue weighted by Crippen LogP contribution is 2.23. The molecule has 2 aromatic rings. The van der Waals surface area contributed by atoms with Crippen molar-refractivity contribution in [3.8, 4) is 0 Å². The van der Waals surface area contributed by atoms with Gasteiger partial charge < -0.3 is 19.5 Å². The molecule has 148 valence electrons. The molecule has 1 N–H and O–H groups in total. The molecule has 2 amide bonds. The maximum absolute atomic E-state index is 12.8. The zero-order chi connectivity index (χ0) is 19.5. The SMILES string of the molecule is O=C(Cn1cc(C(=O)C(=O)N2CCCC2)c2ccccc21)NC[C@H]1CCCO1. The summed E-state index contributed by atoms with van der Waals surface area (Å²) in [5.74, 6) is -1.10. The summed E-state index contributed by atoms with van der Waals surface area (Å²) in [5, 5.41) is 3.60. The van der Waals surface area contributed by atoms with E-state index in [0.717, 1.165) is 37.8 Å². The van der Waals surface area contributed by atoms with Gasteiger partial charge in [0.1, 0.15) is 6.54 Å². The van der Waals surface area contributed by atoms with Crippen LogP contribution in [-0.4, -0.2) is 59.4 Å². The van der Waals surface area contributed by atoms with Crippen molar-refractivity contribution in [1.82, 2.24) is 14.8 Å². The lowest BCUT2D eigenvalue weighted by atomic mass is 10.1. The summed E-state index contributed by atoms with van der Waals surface area (Å²) >= 11 is 0. The van der Waals surface area contributed by atoms with Gasteiger partial charge in [-0.3, -0.25) is 14.4 Å². The zero-order valence-electron chi connectivity index (χ0n) is 15.9. The van der Waals surface area contributed by atoms with Gasteiger partial charge in [0.25, 0.3) is 11.7 Å². The fourth-order valence-electron chi connectivity index (χ4n) is 3.98. The molecule has 0 radical (unpaired) electrons. The van der Waals surface area contributed by atoms with E-state index in [9.17, 15) is 14.4 Å². The first-order valence-electron chi connectivity index (χ1n) is 9.93. The quantitative estimate of drug-likeness (QED) is 0.609. The van der Waals surface area contributed by atoms with E-state index in [1.54, 1.807) is 15.7 Å². The second kappa shape index (κ2) is 8.14. The van der Waals surface area contributed by atoms with Crippen molar-refractivity contribution < 1.29 is 19.1 Å². The summed E-state index contributed by atoms with van der Waals surface area (Å²) in [5.41, 5.74) is 1.13. The molecule has 2 saturated heterocycles. The van der Waals surface area contributed by atoms with Crippen LogP contribution in [0, 0.1) is 0 Å². The van der Waals surface area contributed by atoms with Crippen LogP contribution in [0.4, 0.5) is 0 Å². The molecule has 1 aromatic heterocycles. The molecule has 7 nitrogen and oxygen atoms in total. The molecule has 7 heteroatoms. The number of nitrogens with one attached hydrogen (secondary N) is 1. The summed E-state index contributed by atoms with van der Waals surface area (Å²) in [4.78, 5) is 39.4. The first kappa shape index (κ1) is 18.7. The molecular formula is C21H25N3O4. The second-order valence-electron chi connectivity index (χ2n) is 7.46. The van der Waals surface area contributed by atoms with Gasteiger partial charge in [-0.15, -0.1) is 0 Å². The third-order valence-electron chi connectivity index (χ3n) is 5.49. The average molecular weight is 383 g/mol. The van der Waals surface area contributed by atoms with Crippen LogP contribution in [0.15, 0.2) is 30.5 Å². The van der Waals surface area contributed by atoms with Crippen LogP contribution in [0.25, 0.3) is 10.9 Å². The standard InChI is InChI=1S/C21H25N3O4/c25-19(22-12-15-6-5-11-28-15)14-24-13-17(16-7-1-2-8-18(16)24)20(26)21(27)23-9-3-4-10-23/h1-2,7-8,13,15H,3-6,9-12,14H2,(H,22,25)/t15-/m1/s1. The maximum atomic E-state index is 12.8. The number of nitrogens with zero attached hydrogens (tertiary/aromatic N) is 2. The number of hydrogen-bond donors (Lipinski definition) is 1. The van der Waals surface area contributed by atoms with Crippen LogP contribution in [-0.2, 0) is 20.9 Å². The van der Waals surface area contributed by atoms with Gasteiger partial charge in [-0.05, 0) is 31.7 Å². The van der Waals surface area contributed by atoms with Gasteiger partial charge in [-0.1, -0.05) is 18.2 Å². The Morgan fingerprint density at radius 2 is 1.89 bits per heavy atom. The molecular weight excluding hydrogens is 358 g/mol. The largest absolute Gasteiger partial charge is 0.376 e. The Hall–Kier alpha value is -2.67. The third-order valence-corrected chi connectivity index (χ3v) is 5.49. The Balaban J connectivity index is 1.51. The molecule has 28 heavy (non-hydrogen) atoms. The number of para-hydroxylation sites is 1. The van der Waals surface area contributed by atoms with Gasteiger partial charge in [-0.25, -0.2) is 0 Å². The molecule has 0 saturated carbocycles. The molecule has 1 atom stereocenters. The fraction of sp³-hybridized carbons (Fsp3) is 0.476. The number of amides is 2. The Morgan fingerprint density at radius 3 is 2.64 bits per heavy atom. The lowest BCUT2D eigenvalue weighted by molar-refractivity contribution is -0.125. The molecule has 4 rings (SSSR count). The number of carbonyl (C=O) groups excluding carboxylic acids is 3. The van der Waals surface area contributed by atoms with E-state index in [1.165, 1.54) is 0 Å². The molecule has 1 aromatic carbocycles. The summed E-state index contributed by atoms with van der Waals surface area (Å²) in [6.07, 6.45) is 5.58. The van der Waals surface area contributed by atoms with Crippen LogP contribution >= 0.6 is 0 Å². The Bertz CT molecular complexity index is 892. The van der Waals surface area contributed by atoms with Crippen molar-refractivity contribution in [1.29, 1.82) is 0 Å². The Labute approximate surface area is 163 Å². The fourth-order valence-corrected chi connectivity index (χ4v) is 3.98. The van der Waals surface area contributed by atoms with E-state index in [2.05, 4.69) is 5.32 Å². The van der Waals surface area contributed by atoms with Crippen LogP contribution in [0.2, 0.25) is 0 Å². The number of fused-ring (bicyclic) bond motifs is 1. The van der Waals surface area contributed by atoms with Gasteiger partial charge in [0, 0.05) is 43.3 Å². The van der Waals surface area contributed by atoms with Gasteiger partial charge in [-0.2, -0.15) is 0 Å². The number of ether oxygens (including phenoxy) is 1. The van der Waals surface area contributed by atoms with Crippen LogP contribution < -0.4 is 5.32 Å². The first-order valence-corrected chi connectivity index (χ1v) is 9.93. The summed E-state index contributed by atoms with van der Waals surface area (Å²) in [6.45, 7) is 2.61. The number of benzene rings is 1. The van der Waals surface area contributed by atoms with Crippen molar-refractivity contribution >= 4 is 28.5 Å². The molecule has 0 spiro atoms. The molecule has 2 fully saturated rings. The van der Waals surface area contributed by atoms with Crippen molar-refractivity contribution in [3.63, 3.8) is 0 Å². The molecule has 0 aliphatic carbocycles. The normalized spacial score (nSPS) is 19.3. The Kier molecular flexibility index (Phi) is 5.43. The number of ketones is 1. The van der Waals surface area contributed by atoms with E-state index < -0.39 is 11.7 Å². The topological polar surface area (TPSA) is 80.6 Å². The maximum Gasteiger partial charge on any atom is 0.295 e. The van der Waals surface area contributed by atoms with Crippen LogP contribution in [0.1, 0.15) is 36.0 Å². The average Bonchev–Trinajstić information content (AvgIpc) is 3.46. The molecule has 0 unspecified atom stereocenters. The molecule has 2 aliphatic rings. The highest BCUT2D eigenvalue weighted by molar-refractivity contribution is 6.44. The molecule has 3 heterocycles. The minimum atomic E-state index is -0.503.